The topological polar surface area (TPSA) is 71.7 Å². The van der Waals surface area contributed by atoms with Gasteiger partial charge in [-0.15, -0.1) is 0 Å². The van der Waals surface area contributed by atoms with Crippen molar-refractivity contribution in [2.24, 2.45) is 0 Å². The quantitative estimate of drug-likeness (QED) is 0.854. The third kappa shape index (κ3) is 3.79. The van der Waals surface area contributed by atoms with Crippen molar-refractivity contribution in [2.75, 3.05) is 13.7 Å². The van der Waals surface area contributed by atoms with E-state index in [1.807, 2.05) is 45.0 Å². The molecule has 0 aliphatic rings. The van der Waals surface area contributed by atoms with Crippen LogP contribution < -0.4 is 10.1 Å². The molecule has 5 nitrogen and oxygen atoms in total. The summed E-state index contributed by atoms with van der Waals surface area (Å²) in [5.41, 5.74) is -1.13. The lowest BCUT2D eigenvalue weighted by molar-refractivity contribution is -0.127. The lowest BCUT2D eigenvalue weighted by Gasteiger charge is -2.27. The first-order chi connectivity index (χ1) is 11.2. The summed E-state index contributed by atoms with van der Waals surface area (Å²) in [5, 5.41) is 13.3. The molecule has 1 aromatic carbocycles. The van der Waals surface area contributed by atoms with Gasteiger partial charge in [-0.3, -0.25) is 4.79 Å². The number of methoxy groups -OCH3 is 1. The summed E-state index contributed by atoms with van der Waals surface area (Å²) in [7, 11) is 1.60. The Morgan fingerprint density at radius 3 is 2.29 bits per heavy atom. The van der Waals surface area contributed by atoms with Crippen LogP contribution in [0.4, 0.5) is 0 Å². The van der Waals surface area contributed by atoms with Gasteiger partial charge in [0.05, 0.1) is 19.1 Å². The van der Waals surface area contributed by atoms with E-state index in [2.05, 4.69) is 5.32 Å². The van der Waals surface area contributed by atoms with Gasteiger partial charge in [0.25, 0.3) is 0 Å². The summed E-state index contributed by atoms with van der Waals surface area (Å²) < 4.78 is 10.6. The first-order valence-electron chi connectivity index (χ1n) is 7.89. The number of aryl methyl sites for hydroxylation is 1. The lowest BCUT2D eigenvalue weighted by Crippen LogP contribution is -2.45. The fraction of sp³-hybridized carbons (Fsp3) is 0.421. The molecule has 1 amide bonds. The monoisotopic (exact) mass is 331 g/mol. The van der Waals surface area contributed by atoms with Crippen molar-refractivity contribution in [3.8, 4) is 5.75 Å². The minimum absolute atomic E-state index is 0.0678. The number of furan rings is 1. The molecule has 0 aliphatic carbocycles. The Hall–Kier alpha value is -2.27. The van der Waals surface area contributed by atoms with E-state index in [-0.39, 0.29) is 12.5 Å². The summed E-state index contributed by atoms with van der Waals surface area (Å²) in [4.78, 5) is 12.6. The van der Waals surface area contributed by atoms with E-state index in [1.165, 1.54) is 0 Å². The number of nitrogens with one attached hydrogen (secondary N) is 1. The van der Waals surface area contributed by atoms with E-state index < -0.39 is 11.0 Å². The Morgan fingerprint density at radius 2 is 1.79 bits per heavy atom. The van der Waals surface area contributed by atoms with Crippen LogP contribution in [0.25, 0.3) is 0 Å². The fourth-order valence-corrected chi connectivity index (χ4v) is 2.42. The summed E-state index contributed by atoms with van der Waals surface area (Å²) in [6.45, 7) is 7.18. The SMILES string of the molecule is COc1ccc(C(C)(C)C(=O)NCC(C)(O)c2ccc(C)o2)cc1. The number of ether oxygens (including phenoxy) is 1. The van der Waals surface area contributed by atoms with Crippen LogP contribution in [0.3, 0.4) is 0 Å². The zero-order valence-electron chi connectivity index (χ0n) is 14.8. The number of aliphatic hydroxyl groups is 1. The van der Waals surface area contributed by atoms with Gasteiger partial charge < -0.3 is 19.6 Å². The van der Waals surface area contributed by atoms with E-state index in [9.17, 15) is 9.90 Å². The third-order valence-electron chi connectivity index (χ3n) is 4.24. The van der Waals surface area contributed by atoms with Crippen molar-refractivity contribution in [2.45, 2.75) is 38.7 Å². The van der Waals surface area contributed by atoms with E-state index in [4.69, 9.17) is 9.15 Å². The zero-order chi connectivity index (χ0) is 18.0. The Labute approximate surface area is 142 Å². The largest absolute Gasteiger partial charge is 0.497 e. The molecule has 0 bridgehead atoms. The molecule has 0 saturated heterocycles. The van der Waals surface area contributed by atoms with Crippen molar-refractivity contribution in [1.82, 2.24) is 5.32 Å². The first kappa shape index (κ1) is 18.1. The van der Waals surface area contributed by atoms with Gasteiger partial charge in [-0.1, -0.05) is 12.1 Å². The smallest absolute Gasteiger partial charge is 0.230 e. The molecular weight excluding hydrogens is 306 g/mol. The molecule has 1 heterocycles. The van der Waals surface area contributed by atoms with Crippen LogP contribution in [0, 0.1) is 6.92 Å². The van der Waals surface area contributed by atoms with E-state index >= 15 is 0 Å². The molecule has 0 saturated carbocycles. The highest BCUT2D eigenvalue weighted by Crippen LogP contribution is 2.27. The van der Waals surface area contributed by atoms with Crippen molar-refractivity contribution in [3.05, 3.63) is 53.5 Å². The van der Waals surface area contributed by atoms with Crippen molar-refractivity contribution in [1.29, 1.82) is 0 Å². The molecule has 130 valence electrons. The number of benzene rings is 1. The molecule has 2 N–H and O–H groups in total. The predicted octanol–water partition coefficient (Wildman–Crippen LogP) is 2.90. The second-order valence-corrected chi connectivity index (χ2v) is 6.72. The predicted molar refractivity (Wildman–Crippen MR) is 92.0 cm³/mol. The van der Waals surface area contributed by atoms with E-state index in [1.54, 1.807) is 26.2 Å². The average Bonchev–Trinajstić information content (AvgIpc) is 3.00. The Kier molecular flexibility index (Phi) is 5.04. The molecule has 24 heavy (non-hydrogen) atoms. The molecular formula is C19H25NO4. The Morgan fingerprint density at radius 1 is 1.17 bits per heavy atom. The number of hydrogen-bond donors (Lipinski definition) is 2. The van der Waals surface area contributed by atoms with Crippen molar-refractivity contribution in [3.63, 3.8) is 0 Å². The van der Waals surface area contributed by atoms with Gasteiger partial charge in [-0.25, -0.2) is 0 Å². The highest BCUT2D eigenvalue weighted by Gasteiger charge is 2.33. The van der Waals surface area contributed by atoms with Crippen molar-refractivity contribution >= 4 is 5.91 Å². The van der Waals surface area contributed by atoms with Gasteiger partial charge >= 0.3 is 0 Å². The second-order valence-electron chi connectivity index (χ2n) is 6.72. The maximum absolute atomic E-state index is 12.6. The highest BCUT2D eigenvalue weighted by atomic mass is 16.5. The van der Waals surface area contributed by atoms with E-state index in [0.29, 0.717) is 5.76 Å². The summed E-state index contributed by atoms with van der Waals surface area (Å²) >= 11 is 0. The molecule has 2 rings (SSSR count). The maximum Gasteiger partial charge on any atom is 0.230 e. The third-order valence-corrected chi connectivity index (χ3v) is 4.24. The number of rotatable bonds is 6. The van der Waals surface area contributed by atoms with Gasteiger partial charge in [0.2, 0.25) is 5.91 Å². The van der Waals surface area contributed by atoms with Gasteiger partial charge in [-0.2, -0.15) is 0 Å². The molecule has 0 fully saturated rings. The Balaban J connectivity index is 2.07. The zero-order valence-corrected chi connectivity index (χ0v) is 14.8. The molecule has 1 atom stereocenters. The molecule has 1 unspecified atom stereocenters. The number of carbonyl (C=O) groups is 1. The minimum Gasteiger partial charge on any atom is -0.497 e. The number of amides is 1. The second kappa shape index (κ2) is 6.69. The standard InChI is InChI=1S/C19H25NO4/c1-13-6-11-16(24-13)19(4,22)12-20-17(21)18(2,3)14-7-9-15(23-5)10-8-14/h6-11,22H,12H2,1-5H3,(H,20,21). The van der Waals surface area contributed by atoms with Gasteiger partial charge in [0.15, 0.2) is 0 Å². The van der Waals surface area contributed by atoms with Gasteiger partial charge in [0, 0.05) is 0 Å². The fourth-order valence-electron chi connectivity index (χ4n) is 2.42. The van der Waals surface area contributed by atoms with Crippen LogP contribution in [0.1, 0.15) is 37.9 Å². The van der Waals surface area contributed by atoms with Crippen molar-refractivity contribution < 1.29 is 19.1 Å². The van der Waals surface area contributed by atoms with Gasteiger partial charge in [-0.05, 0) is 57.5 Å². The molecule has 2 aromatic rings. The van der Waals surface area contributed by atoms with Crippen LogP contribution in [0.15, 0.2) is 40.8 Å². The van der Waals surface area contributed by atoms with Crippen LogP contribution in [0.5, 0.6) is 5.75 Å². The average molecular weight is 331 g/mol. The molecule has 0 spiro atoms. The number of hydrogen-bond acceptors (Lipinski definition) is 4. The lowest BCUT2D eigenvalue weighted by atomic mass is 9.83. The normalized spacial score (nSPS) is 14.1. The van der Waals surface area contributed by atoms with Crippen LogP contribution >= 0.6 is 0 Å². The summed E-state index contributed by atoms with van der Waals surface area (Å²) in [6, 6.07) is 10.9. The summed E-state index contributed by atoms with van der Waals surface area (Å²) in [6.07, 6.45) is 0. The minimum atomic E-state index is -1.26. The molecule has 0 aliphatic heterocycles. The maximum atomic E-state index is 12.6. The van der Waals surface area contributed by atoms with Crippen LogP contribution in [0.2, 0.25) is 0 Å². The molecule has 0 radical (unpaired) electrons. The van der Waals surface area contributed by atoms with E-state index in [0.717, 1.165) is 17.1 Å². The van der Waals surface area contributed by atoms with Gasteiger partial charge in [0.1, 0.15) is 22.9 Å². The Bertz CT molecular complexity index is 698. The summed E-state index contributed by atoms with van der Waals surface area (Å²) in [5.74, 6) is 1.72. The van der Waals surface area contributed by atoms with Crippen LogP contribution in [-0.4, -0.2) is 24.7 Å². The highest BCUT2D eigenvalue weighted by molar-refractivity contribution is 5.87. The van der Waals surface area contributed by atoms with Crippen LogP contribution in [-0.2, 0) is 15.8 Å². The molecule has 5 heteroatoms. The number of carbonyl (C=O) groups excluding carboxylic acids is 1. The first-order valence-corrected chi connectivity index (χ1v) is 7.89. The molecule has 1 aromatic heterocycles.